The first-order chi connectivity index (χ1) is 14.0. The molecule has 0 spiro atoms. The van der Waals surface area contributed by atoms with E-state index in [1.807, 2.05) is 11.8 Å². The van der Waals surface area contributed by atoms with E-state index >= 15 is 0 Å². The van der Waals surface area contributed by atoms with Crippen molar-refractivity contribution in [1.82, 2.24) is 19.4 Å². The van der Waals surface area contributed by atoms with Crippen LogP contribution in [0.4, 0.5) is 5.82 Å². The van der Waals surface area contributed by atoms with Crippen molar-refractivity contribution in [3.8, 4) is 0 Å². The molecule has 2 saturated heterocycles. The second kappa shape index (κ2) is 10.1. The van der Waals surface area contributed by atoms with Crippen molar-refractivity contribution >= 4 is 11.7 Å². The fraction of sp³-hybridized carbons (Fsp3) is 0.762. The summed E-state index contributed by atoms with van der Waals surface area (Å²) in [7, 11) is 1.51. The first kappa shape index (κ1) is 21.6. The minimum absolute atomic E-state index is 0.0833. The van der Waals surface area contributed by atoms with Crippen LogP contribution in [0.3, 0.4) is 0 Å². The van der Waals surface area contributed by atoms with Gasteiger partial charge < -0.3 is 15.1 Å². The normalized spacial score (nSPS) is 20.6. The summed E-state index contributed by atoms with van der Waals surface area (Å²) in [6.45, 7) is 7.73. The minimum Gasteiger partial charge on any atom is -0.357 e. The lowest BCUT2D eigenvalue weighted by Gasteiger charge is -2.35. The highest BCUT2D eigenvalue weighted by Gasteiger charge is 2.28. The smallest absolute Gasteiger partial charge is 0.332 e. The SMILES string of the molecule is CCCn1c(N2CCCC(C(=O)NCCN3CCCCC3)C2)cc(=O)n(C)c1=O. The second-order valence-electron chi connectivity index (χ2n) is 8.31. The van der Waals surface area contributed by atoms with Crippen LogP contribution < -0.4 is 21.5 Å². The molecule has 3 rings (SSSR count). The number of hydrogen-bond donors (Lipinski definition) is 1. The highest BCUT2D eigenvalue weighted by molar-refractivity contribution is 5.79. The van der Waals surface area contributed by atoms with Gasteiger partial charge in [-0.25, -0.2) is 4.79 Å². The van der Waals surface area contributed by atoms with Gasteiger partial charge >= 0.3 is 5.69 Å². The topological polar surface area (TPSA) is 79.6 Å². The Kier molecular flexibility index (Phi) is 7.52. The molecule has 162 valence electrons. The minimum atomic E-state index is -0.301. The molecule has 1 unspecified atom stereocenters. The molecule has 1 N–H and O–H groups in total. The number of likely N-dealkylation sites (tertiary alicyclic amines) is 1. The summed E-state index contributed by atoms with van der Waals surface area (Å²) in [5.74, 6) is 0.616. The van der Waals surface area contributed by atoms with E-state index < -0.39 is 0 Å². The zero-order chi connectivity index (χ0) is 20.8. The van der Waals surface area contributed by atoms with Crippen LogP contribution in [0.25, 0.3) is 0 Å². The summed E-state index contributed by atoms with van der Waals surface area (Å²) >= 11 is 0. The summed E-state index contributed by atoms with van der Waals surface area (Å²) in [6, 6.07) is 1.54. The average Bonchev–Trinajstić information content (AvgIpc) is 2.75. The molecule has 8 heteroatoms. The highest BCUT2D eigenvalue weighted by Crippen LogP contribution is 2.22. The Morgan fingerprint density at radius 1 is 1.10 bits per heavy atom. The predicted octanol–water partition coefficient (Wildman–Crippen LogP) is 0.776. The standard InChI is InChI=1S/C21H35N5O3/c1-3-10-26-18(15-19(27)23(2)21(26)29)25-13-7-8-17(16-25)20(28)22-9-14-24-11-5-4-6-12-24/h15,17H,3-14,16H2,1-2H3,(H,22,28). The van der Waals surface area contributed by atoms with Gasteiger partial charge in [0.15, 0.2) is 0 Å². The van der Waals surface area contributed by atoms with E-state index in [2.05, 4.69) is 10.2 Å². The number of amides is 1. The van der Waals surface area contributed by atoms with Crippen LogP contribution in [0.2, 0.25) is 0 Å². The molecule has 1 atom stereocenters. The third kappa shape index (κ3) is 5.29. The maximum absolute atomic E-state index is 12.7. The number of piperidine rings is 2. The van der Waals surface area contributed by atoms with E-state index in [-0.39, 0.29) is 23.1 Å². The predicted molar refractivity (Wildman–Crippen MR) is 114 cm³/mol. The van der Waals surface area contributed by atoms with Crippen molar-refractivity contribution in [1.29, 1.82) is 0 Å². The Labute approximate surface area is 172 Å². The van der Waals surface area contributed by atoms with Gasteiger partial charge in [0.2, 0.25) is 5.91 Å². The molecule has 29 heavy (non-hydrogen) atoms. The summed E-state index contributed by atoms with van der Waals surface area (Å²) < 4.78 is 2.81. The van der Waals surface area contributed by atoms with Crippen LogP contribution in [0, 0.1) is 5.92 Å². The molecule has 0 aliphatic carbocycles. The van der Waals surface area contributed by atoms with E-state index in [0.29, 0.717) is 25.5 Å². The second-order valence-corrected chi connectivity index (χ2v) is 8.31. The summed E-state index contributed by atoms with van der Waals surface area (Å²) in [5, 5.41) is 3.10. The zero-order valence-electron chi connectivity index (χ0n) is 17.9. The molecule has 0 radical (unpaired) electrons. The Morgan fingerprint density at radius 2 is 1.86 bits per heavy atom. The van der Waals surface area contributed by atoms with Crippen molar-refractivity contribution in [3.63, 3.8) is 0 Å². The van der Waals surface area contributed by atoms with Gasteiger partial charge in [-0.15, -0.1) is 0 Å². The molecule has 1 aromatic rings. The van der Waals surface area contributed by atoms with Crippen LogP contribution in [0.15, 0.2) is 15.7 Å². The lowest BCUT2D eigenvalue weighted by Crippen LogP contribution is -2.48. The number of aromatic nitrogens is 2. The van der Waals surface area contributed by atoms with E-state index in [4.69, 9.17) is 0 Å². The van der Waals surface area contributed by atoms with Gasteiger partial charge in [0, 0.05) is 45.8 Å². The van der Waals surface area contributed by atoms with Gasteiger partial charge in [-0.05, 0) is 45.2 Å². The summed E-state index contributed by atoms with van der Waals surface area (Å²) in [4.78, 5) is 42.0. The van der Waals surface area contributed by atoms with Gasteiger partial charge in [0.25, 0.3) is 5.56 Å². The molecule has 2 aliphatic rings. The van der Waals surface area contributed by atoms with Gasteiger partial charge in [-0.1, -0.05) is 13.3 Å². The molecule has 0 aromatic carbocycles. The van der Waals surface area contributed by atoms with Crippen molar-refractivity contribution < 1.29 is 4.79 Å². The Hall–Kier alpha value is -2.09. The van der Waals surface area contributed by atoms with Crippen molar-refractivity contribution in [3.05, 3.63) is 26.9 Å². The third-order valence-electron chi connectivity index (χ3n) is 6.12. The first-order valence-corrected chi connectivity index (χ1v) is 11.1. The van der Waals surface area contributed by atoms with Gasteiger partial charge in [0.05, 0.1) is 5.92 Å². The van der Waals surface area contributed by atoms with E-state index in [0.717, 1.165) is 50.0 Å². The lowest BCUT2D eigenvalue weighted by molar-refractivity contribution is -0.125. The average molecular weight is 406 g/mol. The van der Waals surface area contributed by atoms with Gasteiger partial charge in [-0.3, -0.25) is 18.7 Å². The molecule has 8 nitrogen and oxygen atoms in total. The number of nitrogens with one attached hydrogen (secondary N) is 1. The molecular formula is C21H35N5O3. The molecule has 0 saturated carbocycles. The Balaban J connectivity index is 1.63. The van der Waals surface area contributed by atoms with E-state index in [1.54, 1.807) is 4.57 Å². The monoisotopic (exact) mass is 405 g/mol. The molecule has 2 aliphatic heterocycles. The number of carbonyl (C=O) groups excluding carboxylic acids is 1. The van der Waals surface area contributed by atoms with Crippen molar-refractivity contribution in [2.45, 2.75) is 52.0 Å². The molecule has 1 aromatic heterocycles. The first-order valence-electron chi connectivity index (χ1n) is 11.1. The van der Waals surface area contributed by atoms with E-state index in [9.17, 15) is 14.4 Å². The highest BCUT2D eigenvalue weighted by atomic mass is 16.2. The third-order valence-corrected chi connectivity index (χ3v) is 6.12. The maximum atomic E-state index is 12.7. The molecule has 1 amide bonds. The fourth-order valence-electron chi connectivity index (χ4n) is 4.42. The molecular weight excluding hydrogens is 370 g/mol. The van der Waals surface area contributed by atoms with Crippen molar-refractivity contribution in [2.24, 2.45) is 13.0 Å². The fourth-order valence-corrected chi connectivity index (χ4v) is 4.42. The van der Waals surface area contributed by atoms with Crippen molar-refractivity contribution in [2.75, 3.05) is 44.2 Å². The van der Waals surface area contributed by atoms with E-state index in [1.165, 1.54) is 32.4 Å². The Bertz CT molecular complexity index is 810. The van der Waals surface area contributed by atoms with Crippen LogP contribution in [-0.4, -0.2) is 59.2 Å². The number of anilines is 1. The quantitative estimate of drug-likeness (QED) is 0.725. The van der Waals surface area contributed by atoms with Crippen LogP contribution in [0.5, 0.6) is 0 Å². The Morgan fingerprint density at radius 3 is 2.59 bits per heavy atom. The van der Waals surface area contributed by atoms with Gasteiger partial charge in [-0.2, -0.15) is 0 Å². The molecule has 0 bridgehead atoms. The van der Waals surface area contributed by atoms with Gasteiger partial charge in [0.1, 0.15) is 5.82 Å². The largest absolute Gasteiger partial charge is 0.357 e. The number of carbonyl (C=O) groups is 1. The summed E-state index contributed by atoms with van der Waals surface area (Å²) in [5.41, 5.74) is -0.590. The maximum Gasteiger partial charge on any atom is 0.332 e. The van der Waals surface area contributed by atoms with Crippen LogP contribution >= 0.6 is 0 Å². The zero-order valence-corrected chi connectivity index (χ0v) is 17.9. The number of nitrogens with zero attached hydrogens (tertiary/aromatic N) is 4. The number of hydrogen-bond acceptors (Lipinski definition) is 5. The molecule has 2 fully saturated rings. The van der Waals surface area contributed by atoms with Crippen LogP contribution in [-0.2, 0) is 18.4 Å². The molecule has 3 heterocycles. The van der Waals surface area contributed by atoms with Crippen LogP contribution in [0.1, 0.15) is 45.4 Å². The lowest BCUT2D eigenvalue weighted by atomic mass is 9.97. The summed E-state index contributed by atoms with van der Waals surface area (Å²) in [6.07, 6.45) is 6.34. The number of rotatable bonds is 7.